The molecule has 0 heterocycles. The molecular weight excluding hydrogens is 438 g/mol. The minimum atomic E-state index is -2.83. The molecule has 3 heteroatoms. The Kier molecular flexibility index (Phi) is 6.27. The molecule has 0 bridgehead atoms. The van der Waals surface area contributed by atoms with E-state index in [0.29, 0.717) is 0 Å². The van der Waals surface area contributed by atoms with Crippen molar-refractivity contribution in [2.24, 2.45) is 0 Å². The molecule has 4 rings (SSSR count). The fraction of sp³-hybridized carbons (Fsp3) is 0.143. The van der Waals surface area contributed by atoms with Crippen molar-refractivity contribution in [3.8, 4) is 0 Å². The average molecular weight is 464 g/mol. The Morgan fingerprint density at radius 2 is 0.613 bits per heavy atom. The van der Waals surface area contributed by atoms with Gasteiger partial charge in [-0.05, 0) is 13.8 Å². The Bertz CT molecular complexity index is 941. The number of halogens is 2. The van der Waals surface area contributed by atoms with Crippen molar-refractivity contribution >= 4 is 28.4 Å². The first-order chi connectivity index (χ1) is 14.9. The average Bonchev–Trinajstić information content (AvgIpc) is 2.85. The van der Waals surface area contributed by atoms with Crippen LogP contribution >= 0.6 is 28.4 Å². The first-order valence-electron chi connectivity index (χ1n) is 10.4. The molecule has 0 amide bonds. The predicted molar refractivity (Wildman–Crippen MR) is 137 cm³/mol. The lowest BCUT2D eigenvalue weighted by Gasteiger charge is -2.43. The maximum absolute atomic E-state index is 7.77. The molecule has 4 aromatic carbocycles. The zero-order chi connectivity index (χ0) is 22.0. The zero-order valence-corrected chi connectivity index (χ0v) is 20.2. The molecule has 0 nitrogen and oxygen atoms in total. The number of hydrogen-bond acceptors (Lipinski definition) is 0. The Balaban J connectivity index is 2.05. The largest absolute Gasteiger partial charge is 0.240 e. The maximum Gasteiger partial charge on any atom is 0.240 e. The van der Waals surface area contributed by atoms with Crippen LogP contribution in [0.1, 0.15) is 36.1 Å². The summed E-state index contributed by atoms with van der Waals surface area (Å²) in [5, 5.41) is -1.17. The SMILES string of the molecule is CC(c1ccccc1)(c1ccccc1)[P+](Cl)(Cl)C(C)(c1ccccc1)c1ccccc1. The van der Waals surface area contributed by atoms with E-state index in [0.717, 1.165) is 22.3 Å². The van der Waals surface area contributed by atoms with Crippen LogP contribution in [0.4, 0.5) is 0 Å². The molecule has 0 aliphatic heterocycles. The van der Waals surface area contributed by atoms with E-state index in [-0.39, 0.29) is 0 Å². The van der Waals surface area contributed by atoms with Crippen molar-refractivity contribution < 1.29 is 0 Å². The van der Waals surface area contributed by atoms with Crippen molar-refractivity contribution in [3.05, 3.63) is 144 Å². The molecule has 0 N–H and O–H groups in total. The fourth-order valence-corrected chi connectivity index (χ4v) is 9.61. The predicted octanol–water partition coefficient (Wildman–Crippen LogP) is 9.24. The minimum Gasteiger partial charge on any atom is -0.0622 e. The van der Waals surface area contributed by atoms with E-state index < -0.39 is 16.3 Å². The Hall–Kier alpha value is -2.11. The standard InChI is InChI=1S/C28H26Cl2P/c1-27(23-15-7-3-8-16-23,24-17-9-4-10-18-24)31(29,30)28(2,25-19-11-5-12-20-25)26-21-13-6-14-22-26/h3-22H,1-2H3/q+1. The van der Waals surface area contributed by atoms with Gasteiger partial charge in [-0.25, -0.2) is 0 Å². The van der Waals surface area contributed by atoms with E-state index in [9.17, 15) is 0 Å². The van der Waals surface area contributed by atoms with Gasteiger partial charge in [0.15, 0.2) is 10.3 Å². The Labute approximate surface area is 195 Å². The zero-order valence-electron chi connectivity index (χ0n) is 17.8. The highest BCUT2D eigenvalue weighted by Gasteiger charge is 2.69. The van der Waals surface area contributed by atoms with Crippen molar-refractivity contribution in [1.82, 2.24) is 0 Å². The van der Waals surface area contributed by atoms with E-state index in [1.807, 2.05) is 24.3 Å². The summed E-state index contributed by atoms with van der Waals surface area (Å²) in [5.74, 6) is -2.83. The Morgan fingerprint density at radius 1 is 0.419 bits per heavy atom. The van der Waals surface area contributed by atoms with Gasteiger partial charge in [0.2, 0.25) is 5.97 Å². The van der Waals surface area contributed by atoms with E-state index in [2.05, 4.69) is 111 Å². The summed E-state index contributed by atoms with van der Waals surface area (Å²) in [6.45, 7) is 4.41. The van der Waals surface area contributed by atoms with Crippen LogP contribution in [0, 0.1) is 0 Å². The maximum atomic E-state index is 7.77. The highest BCUT2D eigenvalue weighted by molar-refractivity contribution is 8.18. The summed E-state index contributed by atoms with van der Waals surface area (Å²) < 4.78 is 0. The first-order valence-corrected chi connectivity index (χ1v) is 14.0. The summed E-state index contributed by atoms with van der Waals surface area (Å²) >= 11 is 15.5. The van der Waals surface area contributed by atoms with Gasteiger partial charge in [0, 0.05) is 22.3 Å². The molecule has 31 heavy (non-hydrogen) atoms. The monoisotopic (exact) mass is 463 g/mol. The minimum absolute atomic E-state index is 0.584. The molecule has 0 saturated carbocycles. The van der Waals surface area contributed by atoms with Gasteiger partial charge in [0.05, 0.1) is 0 Å². The van der Waals surface area contributed by atoms with Crippen molar-refractivity contribution in [2.45, 2.75) is 24.2 Å². The van der Waals surface area contributed by atoms with Gasteiger partial charge >= 0.3 is 0 Å². The van der Waals surface area contributed by atoms with Crippen molar-refractivity contribution in [2.75, 3.05) is 0 Å². The summed E-state index contributed by atoms with van der Waals surface area (Å²) in [4.78, 5) is 0. The van der Waals surface area contributed by atoms with Crippen LogP contribution in [0.25, 0.3) is 0 Å². The molecule has 0 spiro atoms. The first kappa shape index (κ1) is 22.1. The molecule has 156 valence electrons. The molecule has 0 atom stereocenters. The van der Waals surface area contributed by atoms with Crippen LogP contribution < -0.4 is 0 Å². The molecule has 0 aromatic heterocycles. The highest BCUT2D eigenvalue weighted by atomic mass is 35.9. The molecule has 0 aliphatic carbocycles. The van der Waals surface area contributed by atoms with E-state index in [1.165, 1.54) is 0 Å². The van der Waals surface area contributed by atoms with Crippen molar-refractivity contribution in [1.29, 1.82) is 0 Å². The molecule has 0 saturated heterocycles. The van der Waals surface area contributed by atoms with Crippen molar-refractivity contribution in [3.63, 3.8) is 0 Å². The van der Waals surface area contributed by atoms with Gasteiger partial charge in [0.1, 0.15) is 22.5 Å². The summed E-state index contributed by atoms with van der Waals surface area (Å²) in [5.41, 5.74) is 4.49. The summed E-state index contributed by atoms with van der Waals surface area (Å²) in [7, 11) is 0. The normalized spacial score (nSPS) is 12.5. The summed E-state index contributed by atoms with van der Waals surface area (Å²) in [6.07, 6.45) is 0. The van der Waals surface area contributed by atoms with Gasteiger partial charge in [0.25, 0.3) is 0 Å². The molecule has 0 aliphatic rings. The van der Waals surface area contributed by atoms with Crippen LogP contribution in [0.2, 0.25) is 0 Å². The lowest BCUT2D eigenvalue weighted by Crippen LogP contribution is -2.35. The van der Waals surface area contributed by atoms with E-state index >= 15 is 0 Å². The van der Waals surface area contributed by atoms with E-state index in [1.54, 1.807) is 0 Å². The van der Waals surface area contributed by atoms with Gasteiger partial charge in [-0.15, -0.1) is 0 Å². The van der Waals surface area contributed by atoms with Crippen LogP contribution in [0.5, 0.6) is 0 Å². The second kappa shape index (κ2) is 8.79. The second-order valence-electron chi connectivity index (χ2n) is 8.12. The lowest BCUT2D eigenvalue weighted by atomic mass is 9.91. The molecule has 4 aromatic rings. The third-order valence-electron chi connectivity index (χ3n) is 6.47. The number of rotatable bonds is 6. The molecule has 0 radical (unpaired) electrons. The Morgan fingerprint density at radius 3 is 0.806 bits per heavy atom. The van der Waals surface area contributed by atoms with Gasteiger partial charge in [-0.2, -0.15) is 0 Å². The van der Waals surface area contributed by atoms with Crippen LogP contribution in [-0.2, 0) is 10.3 Å². The number of benzene rings is 4. The topological polar surface area (TPSA) is 0 Å². The highest BCUT2D eigenvalue weighted by Crippen LogP contribution is 2.92. The lowest BCUT2D eigenvalue weighted by molar-refractivity contribution is 0.746. The smallest absolute Gasteiger partial charge is 0.0622 e. The van der Waals surface area contributed by atoms with Gasteiger partial charge in [-0.1, -0.05) is 121 Å². The summed E-state index contributed by atoms with van der Waals surface area (Å²) in [6, 6.07) is 41.8. The van der Waals surface area contributed by atoms with Gasteiger partial charge < -0.3 is 0 Å². The van der Waals surface area contributed by atoms with Gasteiger partial charge in [-0.3, -0.25) is 0 Å². The second-order valence-corrected chi connectivity index (χ2v) is 14.5. The fourth-order valence-electron chi connectivity index (χ4n) is 4.48. The quantitative estimate of drug-likeness (QED) is 0.250. The van der Waals surface area contributed by atoms with E-state index in [4.69, 9.17) is 22.5 Å². The molecule has 0 unspecified atom stereocenters. The van der Waals surface area contributed by atoms with Crippen LogP contribution in [-0.4, -0.2) is 0 Å². The molecular formula is C28H26Cl2P+. The third-order valence-corrected chi connectivity index (χ3v) is 13.8. The third kappa shape index (κ3) is 3.62. The molecule has 0 fully saturated rings. The van der Waals surface area contributed by atoms with Crippen LogP contribution in [0.15, 0.2) is 121 Å². The van der Waals surface area contributed by atoms with Crippen LogP contribution in [0.3, 0.4) is 0 Å². The number of hydrogen-bond donors (Lipinski definition) is 0.